The number of halogens is 1. The molecule has 4 rings (SSSR count). The Morgan fingerprint density at radius 2 is 1.74 bits per heavy atom. The monoisotopic (exact) mass is 547 g/mol. The third kappa shape index (κ3) is 6.78. The fourth-order valence-corrected chi connectivity index (χ4v) is 4.47. The Morgan fingerprint density at radius 3 is 2.44 bits per heavy atom. The van der Waals surface area contributed by atoms with Gasteiger partial charge in [-0.25, -0.2) is 9.59 Å². The van der Waals surface area contributed by atoms with Gasteiger partial charge in [-0.1, -0.05) is 61.0 Å². The number of rotatable bonds is 10. The number of carbonyl (C=O) groups excluding carboxylic acids is 3. The van der Waals surface area contributed by atoms with E-state index >= 15 is 0 Å². The van der Waals surface area contributed by atoms with Gasteiger partial charge in [-0.2, -0.15) is 0 Å². The number of esters is 1. The van der Waals surface area contributed by atoms with E-state index in [0.717, 1.165) is 5.56 Å². The molecule has 1 atom stereocenters. The van der Waals surface area contributed by atoms with Crippen LogP contribution in [0.3, 0.4) is 0 Å². The molecule has 39 heavy (non-hydrogen) atoms. The molecule has 2 N–H and O–H groups in total. The molecule has 0 radical (unpaired) electrons. The van der Waals surface area contributed by atoms with E-state index in [1.165, 1.54) is 0 Å². The van der Waals surface area contributed by atoms with Crippen molar-refractivity contribution in [3.8, 4) is 5.75 Å². The van der Waals surface area contributed by atoms with Gasteiger partial charge < -0.3 is 20.1 Å². The summed E-state index contributed by atoms with van der Waals surface area (Å²) in [6.07, 6.45) is 0.699. The second kappa shape index (κ2) is 13.0. The summed E-state index contributed by atoms with van der Waals surface area (Å²) < 4.78 is 11.0. The lowest BCUT2D eigenvalue weighted by Crippen LogP contribution is -2.48. The maximum Gasteiger partial charge on any atom is 0.338 e. The van der Waals surface area contributed by atoms with Crippen molar-refractivity contribution in [2.45, 2.75) is 26.3 Å². The van der Waals surface area contributed by atoms with Gasteiger partial charge in [-0.3, -0.25) is 9.69 Å². The number of nitrogens with zero attached hydrogens (tertiary/aromatic N) is 1. The van der Waals surface area contributed by atoms with Crippen molar-refractivity contribution < 1.29 is 23.9 Å². The molecule has 1 heterocycles. The van der Waals surface area contributed by atoms with Gasteiger partial charge in [0, 0.05) is 17.3 Å². The number of nitrogens with one attached hydrogen (secondary N) is 2. The number of urea groups is 1. The Kier molecular flexibility index (Phi) is 9.22. The molecule has 8 nitrogen and oxygen atoms in total. The maximum absolute atomic E-state index is 13.4. The molecule has 1 unspecified atom stereocenters. The summed E-state index contributed by atoms with van der Waals surface area (Å²) >= 11 is 5.89. The standard InChI is InChI=1S/C30H30ClN3O5/c1-3-17-34-28(20-9-6-5-7-10-20)26(29(36)38-4-2)27(33-30(34)37)21-11-8-12-23(18-21)32-25(35)19-39-24-15-13-22(31)14-16-24/h5-16,18,27H,3-4,17,19H2,1-2H3,(H,32,35)(H,33,37). The lowest BCUT2D eigenvalue weighted by molar-refractivity contribution is -0.139. The van der Waals surface area contributed by atoms with Crippen LogP contribution in [0.5, 0.6) is 5.75 Å². The number of hydrogen-bond donors (Lipinski definition) is 2. The SMILES string of the molecule is CCCN1C(=O)NC(c2cccc(NC(=O)COc3ccc(Cl)cc3)c2)C(C(=O)OCC)=C1c1ccccc1. The van der Waals surface area contributed by atoms with Crippen LogP contribution in [-0.2, 0) is 14.3 Å². The molecule has 0 saturated carbocycles. The molecule has 3 aromatic carbocycles. The minimum Gasteiger partial charge on any atom is -0.484 e. The van der Waals surface area contributed by atoms with Crippen molar-refractivity contribution in [3.05, 3.63) is 101 Å². The van der Waals surface area contributed by atoms with Gasteiger partial charge in [0.05, 0.1) is 23.9 Å². The predicted molar refractivity (Wildman–Crippen MR) is 150 cm³/mol. The fourth-order valence-electron chi connectivity index (χ4n) is 4.35. The van der Waals surface area contributed by atoms with Crippen LogP contribution in [-0.4, -0.2) is 42.6 Å². The Bertz CT molecular complexity index is 1360. The Hall–Kier alpha value is -4.30. The van der Waals surface area contributed by atoms with Crippen LogP contribution in [0, 0.1) is 0 Å². The molecule has 0 spiro atoms. The molecular weight excluding hydrogens is 518 g/mol. The second-order valence-corrected chi connectivity index (χ2v) is 9.24. The average Bonchev–Trinajstić information content (AvgIpc) is 2.94. The third-order valence-electron chi connectivity index (χ3n) is 6.00. The zero-order chi connectivity index (χ0) is 27.8. The summed E-state index contributed by atoms with van der Waals surface area (Å²) in [7, 11) is 0. The minimum absolute atomic E-state index is 0.183. The van der Waals surface area contributed by atoms with Gasteiger partial charge in [0.2, 0.25) is 0 Å². The minimum atomic E-state index is -0.790. The Balaban J connectivity index is 1.66. The molecule has 202 valence electrons. The Labute approximate surface area is 232 Å². The van der Waals surface area contributed by atoms with E-state index in [-0.39, 0.29) is 25.2 Å². The molecule has 0 saturated heterocycles. The number of anilines is 1. The zero-order valence-corrected chi connectivity index (χ0v) is 22.5. The first kappa shape index (κ1) is 27.7. The summed E-state index contributed by atoms with van der Waals surface area (Å²) in [5.41, 5.74) is 2.68. The summed E-state index contributed by atoms with van der Waals surface area (Å²) in [6.45, 7) is 4.11. The van der Waals surface area contributed by atoms with Crippen LogP contribution in [0.15, 0.2) is 84.4 Å². The predicted octanol–water partition coefficient (Wildman–Crippen LogP) is 5.81. The third-order valence-corrected chi connectivity index (χ3v) is 6.26. The van der Waals surface area contributed by atoms with Gasteiger partial charge in [0.15, 0.2) is 6.61 Å². The average molecular weight is 548 g/mol. The van der Waals surface area contributed by atoms with Gasteiger partial charge >= 0.3 is 12.0 Å². The zero-order valence-electron chi connectivity index (χ0n) is 21.8. The van der Waals surface area contributed by atoms with Gasteiger partial charge in [0.25, 0.3) is 5.91 Å². The largest absolute Gasteiger partial charge is 0.484 e. The lowest BCUT2D eigenvalue weighted by atomic mass is 9.91. The van der Waals surface area contributed by atoms with Gasteiger partial charge in [-0.05, 0) is 60.9 Å². The highest BCUT2D eigenvalue weighted by Crippen LogP contribution is 2.37. The van der Waals surface area contributed by atoms with Crippen LogP contribution in [0.25, 0.3) is 5.70 Å². The van der Waals surface area contributed by atoms with Crippen molar-refractivity contribution in [3.63, 3.8) is 0 Å². The maximum atomic E-state index is 13.4. The first-order valence-electron chi connectivity index (χ1n) is 12.7. The molecular formula is C30H30ClN3O5. The number of ether oxygens (including phenoxy) is 2. The second-order valence-electron chi connectivity index (χ2n) is 8.80. The summed E-state index contributed by atoms with van der Waals surface area (Å²) in [5, 5.41) is 6.35. The first-order chi connectivity index (χ1) is 18.9. The normalized spacial score (nSPS) is 15.0. The van der Waals surface area contributed by atoms with E-state index in [1.54, 1.807) is 60.4 Å². The van der Waals surface area contributed by atoms with E-state index < -0.39 is 12.0 Å². The molecule has 0 aromatic heterocycles. The van der Waals surface area contributed by atoms with Crippen LogP contribution < -0.4 is 15.4 Å². The van der Waals surface area contributed by atoms with Crippen LogP contribution >= 0.6 is 11.6 Å². The smallest absolute Gasteiger partial charge is 0.338 e. The van der Waals surface area contributed by atoms with Crippen LogP contribution in [0.1, 0.15) is 37.4 Å². The van der Waals surface area contributed by atoms with E-state index in [1.807, 2.05) is 37.3 Å². The molecule has 3 aromatic rings. The molecule has 9 heteroatoms. The molecule has 3 amide bonds. The van der Waals surface area contributed by atoms with E-state index in [2.05, 4.69) is 10.6 Å². The van der Waals surface area contributed by atoms with Gasteiger partial charge in [0.1, 0.15) is 5.75 Å². The van der Waals surface area contributed by atoms with Crippen molar-refractivity contribution in [2.24, 2.45) is 0 Å². The quantitative estimate of drug-likeness (QED) is 0.312. The van der Waals surface area contributed by atoms with Crippen LogP contribution in [0.4, 0.5) is 10.5 Å². The molecule has 0 bridgehead atoms. The topological polar surface area (TPSA) is 97.0 Å². The fraction of sp³-hybridized carbons (Fsp3) is 0.233. The van der Waals surface area contributed by atoms with E-state index in [0.29, 0.717) is 46.3 Å². The highest BCUT2D eigenvalue weighted by molar-refractivity contribution is 6.30. The molecule has 1 aliphatic rings. The van der Waals surface area contributed by atoms with Crippen LogP contribution in [0.2, 0.25) is 5.02 Å². The van der Waals surface area contributed by atoms with Gasteiger partial charge in [-0.15, -0.1) is 0 Å². The highest BCUT2D eigenvalue weighted by atomic mass is 35.5. The lowest BCUT2D eigenvalue weighted by Gasteiger charge is -2.37. The van der Waals surface area contributed by atoms with Crippen molar-refractivity contribution >= 4 is 40.9 Å². The van der Waals surface area contributed by atoms with Crippen molar-refractivity contribution in [1.82, 2.24) is 10.2 Å². The van der Waals surface area contributed by atoms with Crippen molar-refractivity contribution in [2.75, 3.05) is 25.1 Å². The highest BCUT2D eigenvalue weighted by Gasteiger charge is 2.38. The molecule has 1 aliphatic heterocycles. The molecule has 0 aliphatic carbocycles. The number of carbonyl (C=O) groups is 3. The van der Waals surface area contributed by atoms with Crippen molar-refractivity contribution in [1.29, 1.82) is 0 Å². The number of benzene rings is 3. The number of hydrogen-bond acceptors (Lipinski definition) is 5. The van der Waals surface area contributed by atoms with E-state index in [9.17, 15) is 14.4 Å². The summed E-state index contributed by atoms with van der Waals surface area (Å²) in [6, 6.07) is 21.9. The van der Waals surface area contributed by atoms with E-state index in [4.69, 9.17) is 21.1 Å². The summed E-state index contributed by atoms with van der Waals surface area (Å²) in [4.78, 5) is 40.8. The molecule has 0 fully saturated rings. The summed E-state index contributed by atoms with van der Waals surface area (Å²) in [5.74, 6) is -0.370. The Morgan fingerprint density at radius 1 is 1.00 bits per heavy atom. The number of amides is 3. The first-order valence-corrected chi connectivity index (χ1v) is 13.1.